The summed E-state index contributed by atoms with van der Waals surface area (Å²) >= 11 is 5.76. The van der Waals surface area contributed by atoms with Crippen molar-refractivity contribution >= 4 is 29.3 Å². The monoisotopic (exact) mass is 373 g/mol. The number of Topliss-reactive ketones (excluding diaryl/α,β-unsaturated/α-hetero) is 1. The van der Waals surface area contributed by atoms with E-state index in [1.54, 1.807) is 36.4 Å². The van der Waals surface area contributed by atoms with Gasteiger partial charge >= 0.3 is 5.97 Å². The number of halogens is 1. The van der Waals surface area contributed by atoms with Gasteiger partial charge < -0.3 is 10.1 Å². The molecule has 2 aromatic rings. The summed E-state index contributed by atoms with van der Waals surface area (Å²) in [5.74, 6) is -1.39. The lowest BCUT2D eigenvalue weighted by Gasteiger charge is -2.13. The Kier molecular flexibility index (Phi) is 6.52. The first kappa shape index (κ1) is 19.7. The number of carbonyl (C=O) groups is 3. The van der Waals surface area contributed by atoms with Crippen LogP contribution in [-0.2, 0) is 9.53 Å². The summed E-state index contributed by atoms with van der Waals surface area (Å²) in [7, 11) is 0. The Morgan fingerprint density at radius 2 is 1.62 bits per heavy atom. The van der Waals surface area contributed by atoms with Crippen molar-refractivity contribution in [3.8, 4) is 0 Å². The molecule has 0 saturated heterocycles. The van der Waals surface area contributed by atoms with E-state index in [0.29, 0.717) is 16.1 Å². The van der Waals surface area contributed by atoms with E-state index in [1.807, 2.05) is 19.9 Å². The second-order valence-corrected chi connectivity index (χ2v) is 6.42. The van der Waals surface area contributed by atoms with Crippen molar-refractivity contribution in [2.24, 2.45) is 0 Å². The van der Waals surface area contributed by atoms with Gasteiger partial charge in [0.15, 0.2) is 6.10 Å². The molecular weight excluding hydrogens is 354 g/mol. The third-order valence-corrected chi connectivity index (χ3v) is 4.22. The van der Waals surface area contributed by atoms with Crippen molar-refractivity contribution in [3.05, 3.63) is 69.7 Å². The van der Waals surface area contributed by atoms with Crippen molar-refractivity contribution in [1.29, 1.82) is 0 Å². The summed E-state index contributed by atoms with van der Waals surface area (Å²) in [6, 6.07) is 11.6. The molecule has 0 spiro atoms. The molecule has 0 bridgehead atoms. The van der Waals surface area contributed by atoms with Gasteiger partial charge in [0, 0.05) is 16.1 Å². The Morgan fingerprint density at radius 1 is 1.00 bits per heavy atom. The highest BCUT2D eigenvalue weighted by Crippen LogP contribution is 2.13. The molecular formula is C20H20ClNO4. The molecule has 0 heterocycles. The van der Waals surface area contributed by atoms with Crippen LogP contribution in [0.1, 0.15) is 38.8 Å². The van der Waals surface area contributed by atoms with Crippen molar-refractivity contribution in [3.63, 3.8) is 0 Å². The zero-order valence-electron chi connectivity index (χ0n) is 14.8. The van der Waals surface area contributed by atoms with Gasteiger partial charge in [-0.1, -0.05) is 23.7 Å². The van der Waals surface area contributed by atoms with Crippen LogP contribution < -0.4 is 5.32 Å². The lowest BCUT2D eigenvalue weighted by atomic mass is 10.0. The number of aryl methyl sites for hydroxylation is 2. The number of rotatable bonds is 6. The summed E-state index contributed by atoms with van der Waals surface area (Å²) in [6.45, 7) is 5.05. The van der Waals surface area contributed by atoms with Gasteiger partial charge in [-0.2, -0.15) is 0 Å². The lowest BCUT2D eigenvalue weighted by Crippen LogP contribution is -2.34. The van der Waals surface area contributed by atoms with Crippen LogP contribution in [-0.4, -0.2) is 30.3 Å². The highest BCUT2D eigenvalue weighted by atomic mass is 35.5. The van der Waals surface area contributed by atoms with E-state index in [9.17, 15) is 14.4 Å². The van der Waals surface area contributed by atoms with Gasteiger partial charge in [-0.25, -0.2) is 0 Å². The third kappa shape index (κ3) is 5.17. The number of amides is 1. The van der Waals surface area contributed by atoms with Crippen LogP contribution in [0.25, 0.3) is 0 Å². The van der Waals surface area contributed by atoms with Crippen molar-refractivity contribution in [2.45, 2.75) is 26.9 Å². The van der Waals surface area contributed by atoms with Gasteiger partial charge in [0.25, 0.3) is 5.91 Å². The average Bonchev–Trinajstić information content (AvgIpc) is 2.62. The number of hydrogen-bond donors (Lipinski definition) is 1. The van der Waals surface area contributed by atoms with Crippen LogP contribution in [0.2, 0.25) is 5.02 Å². The topological polar surface area (TPSA) is 72.5 Å². The molecule has 0 aliphatic rings. The quantitative estimate of drug-likeness (QED) is 0.621. The Morgan fingerprint density at radius 3 is 2.23 bits per heavy atom. The average molecular weight is 374 g/mol. The lowest BCUT2D eigenvalue weighted by molar-refractivity contribution is -0.145. The van der Waals surface area contributed by atoms with E-state index in [2.05, 4.69) is 5.32 Å². The fraction of sp³-hybridized carbons (Fsp3) is 0.250. The Balaban J connectivity index is 1.88. The number of ketones is 1. The molecule has 1 atom stereocenters. The fourth-order valence-corrected chi connectivity index (χ4v) is 2.40. The predicted molar refractivity (Wildman–Crippen MR) is 99.6 cm³/mol. The van der Waals surface area contributed by atoms with Crippen LogP contribution in [0, 0.1) is 13.8 Å². The van der Waals surface area contributed by atoms with Crippen molar-refractivity contribution < 1.29 is 19.1 Å². The second kappa shape index (κ2) is 8.63. The summed E-state index contributed by atoms with van der Waals surface area (Å²) in [6.07, 6.45) is -0.933. The molecule has 6 heteroatoms. The fourth-order valence-electron chi connectivity index (χ4n) is 2.28. The molecule has 26 heavy (non-hydrogen) atoms. The van der Waals surface area contributed by atoms with E-state index < -0.39 is 18.0 Å². The number of carbonyl (C=O) groups excluding carboxylic acids is 3. The first-order valence-electron chi connectivity index (χ1n) is 8.12. The van der Waals surface area contributed by atoms with E-state index in [0.717, 1.165) is 11.1 Å². The molecule has 2 rings (SSSR count). The van der Waals surface area contributed by atoms with Gasteiger partial charge in [0.2, 0.25) is 5.78 Å². The van der Waals surface area contributed by atoms with Gasteiger partial charge in [-0.05, 0) is 62.2 Å². The number of benzene rings is 2. The van der Waals surface area contributed by atoms with E-state index in [1.165, 1.54) is 6.92 Å². The van der Waals surface area contributed by atoms with E-state index in [4.69, 9.17) is 16.3 Å². The number of nitrogens with one attached hydrogen (secondary N) is 1. The smallest absolute Gasteiger partial charge is 0.326 e. The van der Waals surface area contributed by atoms with Gasteiger partial charge in [0.05, 0.1) is 0 Å². The zero-order valence-corrected chi connectivity index (χ0v) is 15.6. The second-order valence-electron chi connectivity index (χ2n) is 5.98. The van der Waals surface area contributed by atoms with E-state index in [-0.39, 0.29) is 12.3 Å². The first-order chi connectivity index (χ1) is 12.3. The summed E-state index contributed by atoms with van der Waals surface area (Å²) in [5.41, 5.74) is 2.93. The minimum absolute atomic E-state index is 0.287. The maximum absolute atomic E-state index is 12.4. The molecule has 0 unspecified atom stereocenters. The number of ether oxygens (including phenoxy) is 1. The first-order valence-corrected chi connectivity index (χ1v) is 8.50. The highest BCUT2D eigenvalue weighted by molar-refractivity contribution is 6.30. The molecule has 0 aliphatic heterocycles. The molecule has 2 aromatic carbocycles. The van der Waals surface area contributed by atoms with Crippen LogP contribution in [0.3, 0.4) is 0 Å². The number of hydrogen-bond acceptors (Lipinski definition) is 4. The highest BCUT2D eigenvalue weighted by Gasteiger charge is 2.20. The molecule has 136 valence electrons. The normalized spacial score (nSPS) is 11.5. The molecule has 0 radical (unpaired) electrons. The molecule has 1 amide bonds. The summed E-state index contributed by atoms with van der Waals surface area (Å²) in [5, 5.41) is 2.96. The standard InChI is InChI=1S/C20H20ClNO4/c1-12-4-5-16(10-13(12)2)19(24)14(3)26-18(23)11-22-20(25)15-6-8-17(21)9-7-15/h4-10,14H,11H2,1-3H3,(H,22,25)/t14-/m1/s1. The van der Waals surface area contributed by atoms with Crippen molar-refractivity contribution in [1.82, 2.24) is 5.32 Å². The SMILES string of the molecule is Cc1ccc(C(=O)[C@@H](C)OC(=O)CNC(=O)c2ccc(Cl)cc2)cc1C. The maximum Gasteiger partial charge on any atom is 0.326 e. The Bertz CT molecular complexity index is 830. The van der Waals surface area contributed by atoms with E-state index >= 15 is 0 Å². The maximum atomic E-state index is 12.4. The van der Waals surface area contributed by atoms with Crippen LogP contribution in [0.15, 0.2) is 42.5 Å². The van der Waals surface area contributed by atoms with Crippen LogP contribution in [0.4, 0.5) is 0 Å². The number of esters is 1. The minimum atomic E-state index is -0.933. The minimum Gasteiger partial charge on any atom is -0.453 e. The molecule has 5 nitrogen and oxygen atoms in total. The van der Waals surface area contributed by atoms with Gasteiger partial charge in [-0.3, -0.25) is 14.4 Å². The largest absolute Gasteiger partial charge is 0.453 e. The molecule has 0 aliphatic carbocycles. The molecule has 1 N–H and O–H groups in total. The molecule has 0 aromatic heterocycles. The van der Waals surface area contributed by atoms with Gasteiger partial charge in [0.1, 0.15) is 6.54 Å². The Hall–Kier alpha value is -2.66. The molecule has 0 fully saturated rings. The van der Waals surface area contributed by atoms with Gasteiger partial charge in [-0.15, -0.1) is 0 Å². The van der Waals surface area contributed by atoms with Crippen LogP contribution >= 0.6 is 11.6 Å². The predicted octanol–water partition coefficient (Wildman–Crippen LogP) is 3.50. The van der Waals surface area contributed by atoms with Crippen molar-refractivity contribution in [2.75, 3.05) is 6.54 Å². The summed E-state index contributed by atoms with van der Waals surface area (Å²) in [4.78, 5) is 36.2. The zero-order chi connectivity index (χ0) is 19.3. The summed E-state index contributed by atoms with van der Waals surface area (Å²) < 4.78 is 5.12. The van der Waals surface area contributed by atoms with Crippen LogP contribution in [0.5, 0.6) is 0 Å². The Labute approximate surface area is 157 Å². The molecule has 0 saturated carbocycles. The third-order valence-electron chi connectivity index (χ3n) is 3.97.